The summed E-state index contributed by atoms with van der Waals surface area (Å²) in [6.07, 6.45) is 1.80. The number of likely N-dealkylation sites (tertiary alicyclic amines) is 1. The summed E-state index contributed by atoms with van der Waals surface area (Å²) in [7, 11) is 3.75. The van der Waals surface area contributed by atoms with Gasteiger partial charge in [0.15, 0.2) is 5.69 Å². The van der Waals surface area contributed by atoms with Crippen LogP contribution in [0.4, 0.5) is 0 Å². The van der Waals surface area contributed by atoms with Crippen molar-refractivity contribution < 1.29 is 14.3 Å². The van der Waals surface area contributed by atoms with Crippen LogP contribution in [0.15, 0.2) is 24.3 Å². The van der Waals surface area contributed by atoms with Crippen LogP contribution in [0.2, 0.25) is 0 Å². The molecule has 144 valence electrons. The molecule has 0 unspecified atom stereocenters. The normalized spacial score (nSPS) is 20.9. The molecule has 1 aromatic heterocycles. The number of carbonyl (C=O) groups is 1. The predicted octanol–water partition coefficient (Wildman–Crippen LogP) is 1.38. The second kappa shape index (κ2) is 7.66. The van der Waals surface area contributed by atoms with E-state index in [0.29, 0.717) is 18.8 Å². The Bertz CT molecular complexity index is 796. The molecule has 2 aromatic rings. The molecule has 0 aliphatic carbocycles. The first-order chi connectivity index (χ1) is 13.1. The van der Waals surface area contributed by atoms with Crippen LogP contribution >= 0.6 is 0 Å². The molecular weight excluding hydrogens is 346 g/mol. The van der Waals surface area contributed by atoms with Crippen molar-refractivity contribution in [2.24, 2.45) is 0 Å². The summed E-state index contributed by atoms with van der Waals surface area (Å²) in [5.41, 5.74) is 2.17. The molecule has 2 aliphatic rings. The van der Waals surface area contributed by atoms with Gasteiger partial charge < -0.3 is 19.7 Å². The molecule has 0 radical (unpaired) electrons. The van der Waals surface area contributed by atoms with Crippen LogP contribution in [-0.4, -0.2) is 59.1 Å². The Morgan fingerprint density at radius 2 is 2.00 bits per heavy atom. The summed E-state index contributed by atoms with van der Waals surface area (Å²) in [6, 6.07) is 7.99. The average molecular weight is 371 g/mol. The van der Waals surface area contributed by atoms with Crippen molar-refractivity contribution >= 4 is 5.91 Å². The van der Waals surface area contributed by atoms with Crippen LogP contribution in [0.3, 0.4) is 0 Å². The predicted molar refractivity (Wildman–Crippen MR) is 98.5 cm³/mol. The lowest BCUT2D eigenvalue weighted by atomic mass is 10.1. The summed E-state index contributed by atoms with van der Waals surface area (Å²) in [4.78, 5) is 14.9. The fourth-order valence-corrected chi connectivity index (χ4v) is 3.61. The standard InChI is InChI=1S/C19H25N5O3/c1-23-9-7-14(8-10-23)20-19(25)18-16-12-27-17(11-24(16)22-21-18)13-3-5-15(26-2)6-4-13/h3-6,14,17H,7-12H2,1-2H3,(H,20,25)/t17-/m0/s1. The Morgan fingerprint density at radius 3 is 2.70 bits per heavy atom. The molecule has 0 bridgehead atoms. The van der Waals surface area contributed by atoms with E-state index < -0.39 is 0 Å². The van der Waals surface area contributed by atoms with Gasteiger partial charge in [-0.1, -0.05) is 17.3 Å². The topological polar surface area (TPSA) is 81.5 Å². The van der Waals surface area contributed by atoms with Gasteiger partial charge in [-0.2, -0.15) is 0 Å². The van der Waals surface area contributed by atoms with Gasteiger partial charge in [0.2, 0.25) is 0 Å². The van der Waals surface area contributed by atoms with Crippen LogP contribution in [0.1, 0.15) is 40.7 Å². The second-order valence-corrected chi connectivity index (χ2v) is 7.19. The highest BCUT2D eigenvalue weighted by atomic mass is 16.5. The van der Waals surface area contributed by atoms with Crippen molar-refractivity contribution in [1.29, 1.82) is 0 Å². The number of hydrogen-bond donors (Lipinski definition) is 1. The summed E-state index contributed by atoms with van der Waals surface area (Å²) in [6.45, 7) is 2.85. The van der Waals surface area contributed by atoms with Gasteiger partial charge in [0.05, 0.1) is 26.0 Å². The van der Waals surface area contributed by atoms with E-state index in [1.54, 1.807) is 11.8 Å². The lowest BCUT2D eigenvalue weighted by molar-refractivity contribution is -0.00181. The number of fused-ring (bicyclic) bond motifs is 1. The molecule has 1 aromatic carbocycles. The Kier molecular flexibility index (Phi) is 5.09. The molecule has 4 rings (SSSR count). The number of nitrogens with zero attached hydrogens (tertiary/aromatic N) is 4. The Balaban J connectivity index is 1.42. The summed E-state index contributed by atoms with van der Waals surface area (Å²) in [5.74, 6) is 0.654. The molecule has 8 nitrogen and oxygen atoms in total. The maximum atomic E-state index is 12.6. The maximum absolute atomic E-state index is 12.6. The third-order valence-electron chi connectivity index (χ3n) is 5.35. The monoisotopic (exact) mass is 371 g/mol. The lowest BCUT2D eigenvalue weighted by Crippen LogP contribution is -2.43. The SMILES string of the molecule is COc1ccc([C@@H]2Cn3nnc(C(=O)NC4CCN(C)CC4)c3CO2)cc1. The van der Waals surface area contributed by atoms with E-state index in [4.69, 9.17) is 9.47 Å². The van der Waals surface area contributed by atoms with Crippen LogP contribution in [0.25, 0.3) is 0 Å². The molecule has 2 aliphatic heterocycles. The number of methoxy groups -OCH3 is 1. The van der Waals surface area contributed by atoms with Crippen molar-refractivity contribution in [2.45, 2.75) is 38.1 Å². The molecule has 3 heterocycles. The van der Waals surface area contributed by atoms with Crippen molar-refractivity contribution in [3.63, 3.8) is 0 Å². The lowest BCUT2D eigenvalue weighted by Gasteiger charge is -2.29. The van der Waals surface area contributed by atoms with Crippen LogP contribution in [0.5, 0.6) is 5.75 Å². The van der Waals surface area contributed by atoms with Gasteiger partial charge in [0, 0.05) is 6.04 Å². The fourth-order valence-electron chi connectivity index (χ4n) is 3.61. The summed E-state index contributed by atoms with van der Waals surface area (Å²) >= 11 is 0. The number of hydrogen-bond acceptors (Lipinski definition) is 6. The van der Waals surface area contributed by atoms with Gasteiger partial charge in [-0.05, 0) is 50.7 Å². The maximum Gasteiger partial charge on any atom is 0.274 e. The first-order valence-corrected chi connectivity index (χ1v) is 9.31. The number of carbonyl (C=O) groups excluding carboxylic acids is 1. The molecule has 1 amide bonds. The van der Waals surface area contributed by atoms with Crippen molar-refractivity contribution in [3.8, 4) is 5.75 Å². The van der Waals surface area contributed by atoms with E-state index in [0.717, 1.165) is 42.9 Å². The minimum atomic E-state index is -0.155. The highest BCUT2D eigenvalue weighted by Crippen LogP contribution is 2.28. The number of benzene rings is 1. The van der Waals surface area contributed by atoms with E-state index in [9.17, 15) is 4.79 Å². The quantitative estimate of drug-likeness (QED) is 0.875. The number of piperidine rings is 1. The zero-order valence-corrected chi connectivity index (χ0v) is 15.7. The van der Waals surface area contributed by atoms with Gasteiger partial charge in [-0.25, -0.2) is 4.68 Å². The number of nitrogens with one attached hydrogen (secondary N) is 1. The molecule has 0 saturated carbocycles. The first-order valence-electron chi connectivity index (χ1n) is 9.31. The van der Waals surface area contributed by atoms with Gasteiger partial charge in [0.1, 0.15) is 11.9 Å². The molecule has 1 fully saturated rings. The molecule has 1 saturated heterocycles. The first kappa shape index (κ1) is 17.9. The number of aromatic nitrogens is 3. The van der Waals surface area contributed by atoms with Crippen molar-refractivity contribution in [1.82, 2.24) is 25.2 Å². The largest absolute Gasteiger partial charge is 0.497 e. The molecule has 0 spiro atoms. The zero-order valence-electron chi connectivity index (χ0n) is 15.7. The Hall–Kier alpha value is -2.45. The van der Waals surface area contributed by atoms with Gasteiger partial charge in [0.25, 0.3) is 5.91 Å². The molecule has 27 heavy (non-hydrogen) atoms. The highest BCUT2D eigenvalue weighted by molar-refractivity contribution is 5.93. The number of rotatable bonds is 4. The van der Waals surface area contributed by atoms with Crippen LogP contribution in [0, 0.1) is 0 Å². The number of amides is 1. The van der Waals surface area contributed by atoms with Crippen molar-refractivity contribution in [3.05, 3.63) is 41.2 Å². The van der Waals surface area contributed by atoms with E-state index in [1.165, 1.54) is 0 Å². The van der Waals surface area contributed by atoms with E-state index in [-0.39, 0.29) is 18.1 Å². The molecule has 1 atom stereocenters. The summed E-state index contributed by atoms with van der Waals surface area (Å²) < 4.78 is 13.0. The fraction of sp³-hybridized carbons (Fsp3) is 0.526. The third-order valence-corrected chi connectivity index (χ3v) is 5.35. The minimum Gasteiger partial charge on any atom is -0.497 e. The van der Waals surface area contributed by atoms with Crippen molar-refractivity contribution in [2.75, 3.05) is 27.2 Å². The summed E-state index contributed by atoms with van der Waals surface area (Å²) in [5, 5.41) is 11.4. The molecule has 1 N–H and O–H groups in total. The van der Waals surface area contributed by atoms with E-state index >= 15 is 0 Å². The van der Waals surface area contributed by atoms with Gasteiger partial charge >= 0.3 is 0 Å². The van der Waals surface area contributed by atoms with Gasteiger partial charge in [-0.15, -0.1) is 5.10 Å². The Labute approximate surface area is 158 Å². The van der Waals surface area contributed by atoms with E-state index in [2.05, 4.69) is 27.6 Å². The van der Waals surface area contributed by atoms with Gasteiger partial charge in [-0.3, -0.25) is 4.79 Å². The third kappa shape index (κ3) is 3.81. The second-order valence-electron chi connectivity index (χ2n) is 7.19. The molecule has 8 heteroatoms. The van der Waals surface area contributed by atoms with E-state index in [1.807, 2.05) is 24.3 Å². The minimum absolute atomic E-state index is 0.116. The van der Waals surface area contributed by atoms with Crippen LogP contribution in [-0.2, 0) is 17.9 Å². The number of ether oxygens (including phenoxy) is 2. The highest BCUT2D eigenvalue weighted by Gasteiger charge is 2.29. The smallest absolute Gasteiger partial charge is 0.274 e. The zero-order chi connectivity index (χ0) is 18.8. The Morgan fingerprint density at radius 1 is 1.26 bits per heavy atom. The van der Waals surface area contributed by atoms with Crippen LogP contribution < -0.4 is 10.1 Å². The molecular formula is C19H25N5O3. The average Bonchev–Trinajstić information content (AvgIpc) is 3.13.